The van der Waals surface area contributed by atoms with Gasteiger partial charge in [0.1, 0.15) is 0 Å². The van der Waals surface area contributed by atoms with Gasteiger partial charge in [-0.25, -0.2) is 40.8 Å². The van der Waals surface area contributed by atoms with Crippen molar-refractivity contribution in [2.75, 3.05) is 0 Å². The second-order valence-corrected chi connectivity index (χ2v) is 3.15. The molecule has 0 aromatic carbocycles. The Kier molecular flexibility index (Phi) is 48.2. The number of rotatable bonds is 0. The van der Waals surface area contributed by atoms with Crippen LogP contribution < -0.4 is 0 Å². The van der Waals surface area contributed by atoms with Crippen molar-refractivity contribution in [1.82, 2.24) is 0 Å². The van der Waals surface area contributed by atoms with E-state index in [2.05, 4.69) is 6.92 Å². The molecule has 1 aliphatic rings. The van der Waals surface area contributed by atoms with Crippen molar-refractivity contribution in [2.45, 2.75) is 39.0 Å². The number of isocyanates is 4. The zero-order valence-electron chi connectivity index (χ0n) is 10.7. The summed E-state index contributed by atoms with van der Waals surface area (Å²) in [4.78, 5) is 33.4. The molecule has 0 aromatic rings. The van der Waals surface area contributed by atoms with Crippen molar-refractivity contribution in [3.63, 3.8) is 0 Å². The highest BCUT2D eigenvalue weighted by molar-refractivity contribution is 5.26. The van der Waals surface area contributed by atoms with Gasteiger partial charge in [-0.2, -0.15) is 0 Å². The molecule has 1 aliphatic carbocycles. The average Bonchev–Trinajstić information content (AvgIpc) is 2.34. The van der Waals surface area contributed by atoms with Crippen LogP contribution in [0.3, 0.4) is 0 Å². The van der Waals surface area contributed by atoms with E-state index in [1.54, 1.807) is 0 Å². The van der Waals surface area contributed by atoms with Crippen LogP contribution in [0.1, 0.15) is 39.0 Å². The molecule has 1 rings (SSSR count). The lowest BCUT2D eigenvalue weighted by molar-refractivity contribution is 0.385. The van der Waals surface area contributed by atoms with Gasteiger partial charge in [0.05, 0.1) is 0 Å². The summed E-state index contributed by atoms with van der Waals surface area (Å²) in [6.45, 7) is 2.36. The summed E-state index contributed by atoms with van der Waals surface area (Å²) in [5.41, 5.74) is 0. The van der Waals surface area contributed by atoms with Crippen LogP contribution in [0.5, 0.6) is 0 Å². The maximum absolute atomic E-state index is 8.35. The highest BCUT2D eigenvalue weighted by Gasteiger charge is 2.05. The predicted molar refractivity (Wildman–Crippen MR) is 65.9 cm³/mol. The smallest absolute Gasteiger partial charge is 0.222 e. The zero-order chi connectivity index (χ0) is 15.9. The van der Waals surface area contributed by atoms with Crippen molar-refractivity contribution in [3.8, 4) is 0 Å². The van der Waals surface area contributed by atoms with E-state index in [1.807, 2.05) is 0 Å². The van der Waals surface area contributed by atoms with E-state index in [1.165, 1.54) is 32.1 Å². The average molecular weight is 270 g/mol. The highest BCUT2D eigenvalue weighted by atomic mass is 16.1. The Morgan fingerprint density at radius 3 is 1.00 bits per heavy atom. The van der Waals surface area contributed by atoms with E-state index in [9.17, 15) is 0 Å². The minimum atomic E-state index is 0.750. The van der Waals surface area contributed by atoms with Gasteiger partial charge in [-0.15, -0.1) is 0 Å². The molecule has 0 unspecified atom stereocenters. The zero-order valence-corrected chi connectivity index (χ0v) is 10.7. The molecule has 0 heterocycles. The quantitative estimate of drug-likeness (QED) is 0.391. The lowest BCUT2D eigenvalue weighted by Crippen LogP contribution is -1.99. The summed E-state index contributed by atoms with van der Waals surface area (Å²) in [5, 5.41) is 21.6. The third-order valence-corrected chi connectivity index (χ3v) is 1.89. The first-order valence-electron chi connectivity index (χ1n) is 5.21. The maximum atomic E-state index is 8.35. The second-order valence-electron chi connectivity index (χ2n) is 3.15. The SMILES string of the molecule is CC1CCCCC1.N=C=O.N=C=O.N=C=O.N=C=O. The van der Waals surface area contributed by atoms with Crippen LogP contribution >= 0.6 is 0 Å². The minimum absolute atomic E-state index is 0.750. The molecule has 0 aliphatic heterocycles. The predicted octanol–water partition coefficient (Wildman–Crippen LogP) is 2.19. The molecule has 0 spiro atoms. The van der Waals surface area contributed by atoms with E-state index in [-0.39, 0.29) is 0 Å². The number of hydrogen-bond donors (Lipinski definition) is 4. The van der Waals surface area contributed by atoms with Crippen molar-refractivity contribution < 1.29 is 19.2 Å². The van der Waals surface area contributed by atoms with Crippen LogP contribution in [0, 0.1) is 27.6 Å². The maximum Gasteiger partial charge on any atom is 0.231 e. The summed E-state index contributed by atoms with van der Waals surface area (Å²) >= 11 is 0. The number of hydrogen-bond acceptors (Lipinski definition) is 8. The monoisotopic (exact) mass is 270 g/mol. The van der Waals surface area contributed by atoms with E-state index < -0.39 is 0 Å². The van der Waals surface area contributed by atoms with Gasteiger partial charge >= 0.3 is 0 Å². The van der Waals surface area contributed by atoms with Crippen LogP contribution in [0.25, 0.3) is 0 Å². The third-order valence-electron chi connectivity index (χ3n) is 1.89. The molecular formula is C11H18N4O4. The van der Waals surface area contributed by atoms with Gasteiger partial charge < -0.3 is 0 Å². The van der Waals surface area contributed by atoms with Crippen LogP contribution in [0.2, 0.25) is 0 Å². The van der Waals surface area contributed by atoms with Crippen LogP contribution in [0.4, 0.5) is 0 Å². The summed E-state index contributed by atoms with van der Waals surface area (Å²) in [7, 11) is 0. The molecule has 0 saturated heterocycles. The number of nitrogens with one attached hydrogen (secondary N) is 4. The first kappa shape index (κ1) is 25.4. The molecule has 1 saturated carbocycles. The van der Waals surface area contributed by atoms with Gasteiger partial charge in [-0.1, -0.05) is 39.0 Å². The minimum Gasteiger partial charge on any atom is -0.222 e. The Bertz CT molecular complexity index is 253. The molecule has 0 aromatic heterocycles. The summed E-state index contributed by atoms with van der Waals surface area (Å²) in [6.07, 6.45) is 10.4. The van der Waals surface area contributed by atoms with Gasteiger partial charge in [0.2, 0.25) is 24.3 Å². The van der Waals surface area contributed by atoms with E-state index in [0.29, 0.717) is 0 Å². The lowest BCUT2D eigenvalue weighted by atomic mass is 9.91. The second kappa shape index (κ2) is 36.1. The molecule has 8 nitrogen and oxygen atoms in total. The Balaban J connectivity index is -0.0000000812. The van der Waals surface area contributed by atoms with E-state index >= 15 is 0 Å². The molecule has 0 amide bonds. The van der Waals surface area contributed by atoms with Crippen LogP contribution in [-0.4, -0.2) is 24.3 Å². The molecule has 0 bridgehead atoms. The van der Waals surface area contributed by atoms with Crippen molar-refractivity contribution in [2.24, 2.45) is 5.92 Å². The molecular weight excluding hydrogens is 252 g/mol. The Labute approximate surface area is 111 Å². The molecule has 8 heteroatoms. The van der Waals surface area contributed by atoms with Gasteiger partial charge in [-0.3, -0.25) is 0 Å². The molecule has 1 fully saturated rings. The molecule has 0 radical (unpaired) electrons. The molecule has 106 valence electrons. The fourth-order valence-corrected chi connectivity index (χ4v) is 1.31. The van der Waals surface area contributed by atoms with E-state index in [0.717, 1.165) is 30.2 Å². The summed E-state index contributed by atoms with van der Waals surface area (Å²) < 4.78 is 0. The lowest BCUT2D eigenvalue weighted by Gasteiger charge is -2.15. The Morgan fingerprint density at radius 2 is 0.895 bits per heavy atom. The fourth-order valence-electron chi connectivity index (χ4n) is 1.31. The summed E-state index contributed by atoms with van der Waals surface area (Å²) in [5.74, 6) is 1.04. The standard InChI is InChI=1S/C7H14.4CHNO/c1-7-5-3-2-4-6-7;4*2-1-3/h7H,2-6H2,1H3;4*2H. The first-order chi connectivity index (χ1) is 9.05. The summed E-state index contributed by atoms with van der Waals surface area (Å²) in [6, 6.07) is 0. The Hall–Kier alpha value is -2.48. The van der Waals surface area contributed by atoms with Crippen molar-refractivity contribution >= 4 is 24.3 Å². The van der Waals surface area contributed by atoms with Crippen LogP contribution in [-0.2, 0) is 19.2 Å². The largest absolute Gasteiger partial charge is 0.231 e. The fraction of sp³-hybridized carbons (Fsp3) is 0.636. The first-order valence-corrected chi connectivity index (χ1v) is 5.21. The van der Waals surface area contributed by atoms with Gasteiger partial charge in [0, 0.05) is 0 Å². The van der Waals surface area contributed by atoms with Crippen molar-refractivity contribution in [3.05, 3.63) is 0 Å². The Morgan fingerprint density at radius 1 is 0.684 bits per heavy atom. The van der Waals surface area contributed by atoms with Crippen molar-refractivity contribution in [1.29, 1.82) is 21.6 Å². The van der Waals surface area contributed by atoms with Gasteiger partial charge in [0.15, 0.2) is 0 Å². The molecule has 19 heavy (non-hydrogen) atoms. The van der Waals surface area contributed by atoms with Gasteiger partial charge in [0.25, 0.3) is 0 Å². The molecule has 0 atom stereocenters. The van der Waals surface area contributed by atoms with Crippen LogP contribution in [0.15, 0.2) is 0 Å². The topological polar surface area (TPSA) is 164 Å². The van der Waals surface area contributed by atoms with E-state index in [4.69, 9.17) is 40.8 Å². The van der Waals surface area contributed by atoms with Gasteiger partial charge in [-0.05, 0) is 5.92 Å². The molecule has 4 N–H and O–H groups in total. The normalized spacial score (nSPS) is 11.0. The number of carbonyl (C=O) groups excluding carboxylic acids is 4. The third kappa shape index (κ3) is 93.1. The highest BCUT2D eigenvalue weighted by Crippen LogP contribution is 2.21.